The van der Waals surface area contributed by atoms with Gasteiger partial charge in [-0.1, -0.05) is 44.2 Å². The second-order valence-corrected chi connectivity index (χ2v) is 6.89. The first kappa shape index (κ1) is 18.6. The number of hydrogen-bond acceptors (Lipinski definition) is 4. The van der Waals surface area contributed by atoms with Crippen molar-refractivity contribution in [3.8, 4) is 0 Å². The van der Waals surface area contributed by atoms with Crippen LogP contribution in [0.25, 0.3) is 0 Å². The molecule has 0 radical (unpaired) electrons. The molecule has 0 spiro atoms. The zero-order valence-electron chi connectivity index (χ0n) is 16.1. The minimum absolute atomic E-state index is 0.256. The third kappa shape index (κ3) is 4.50. The molecule has 0 saturated carbocycles. The summed E-state index contributed by atoms with van der Waals surface area (Å²) < 4.78 is 0. The molecule has 0 aliphatic rings. The first-order valence-corrected chi connectivity index (χ1v) is 9.01. The number of nitrogens with zero attached hydrogens (tertiary/aromatic N) is 2. The monoisotopic (exact) mass is 360 g/mol. The Balaban J connectivity index is 1.76. The number of hydrogen-bond donors (Lipinski definition) is 2. The van der Waals surface area contributed by atoms with Gasteiger partial charge in [-0.2, -0.15) is 0 Å². The van der Waals surface area contributed by atoms with Crippen LogP contribution in [0, 0.1) is 13.8 Å². The predicted octanol–water partition coefficient (Wildman–Crippen LogP) is 5.21. The number of carbonyl (C=O) groups excluding carboxylic acids is 1. The molecule has 5 heteroatoms. The summed E-state index contributed by atoms with van der Waals surface area (Å²) in [6, 6.07) is 15.6. The van der Waals surface area contributed by atoms with E-state index in [-0.39, 0.29) is 5.91 Å². The number of aryl methyl sites for hydroxylation is 2. The molecule has 3 aromatic rings. The molecule has 0 bridgehead atoms. The number of benzene rings is 2. The first-order chi connectivity index (χ1) is 12.9. The van der Waals surface area contributed by atoms with Crippen molar-refractivity contribution >= 4 is 23.2 Å². The number of rotatable bonds is 5. The highest BCUT2D eigenvalue weighted by Crippen LogP contribution is 2.21. The average molecular weight is 360 g/mol. The Hall–Kier alpha value is -3.21. The van der Waals surface area contributed by atoms with Crippen LogP contribution in [-0.4, -0.2) is 15.9 Å². The van der Waals surface area contributed by atoms with Gasteiger partial charge in [-0.3, -0.25) is 4.79 Å². The van der Waals surface area contributed by atoms with E-state index in [4.69, 9.17) is 0 Å². The molecule has 1 aromatic heterocycles. The standard InChI is InChI=1S/C22H24N4O/c1-14(2)17-8-10-18(11-9-17)24-22-23-13-12-19(25-22)21(27)26-20-15(3)6-5-7-16(20)4/h5-14H,1-4H3,(H,26,27)(H,23,24,25). The topological polar surface area (TPSA) is 66.9 Å². The highest BCUT2D eigenvalue weighted by Gasteiger charge is 2.12. The van der Waals surface area contributed by atoms with Crippen LogP contribution in [0.1, 0.15) is 46.9 Å². The third-order valence-electron chi connectivity index (χ3n) is 4.44. The van der Waals surface area contributed by atoms with Crippen LogP contribution in [0.2, 0.25) is 0 Å². The Labute approximate surface area is 159 Å². The second kappa shape index (κ2) is 7.99. The lowest BCUT2D eigenvalue weighted by atomic mass is 10.0. The van der Waals surface area contributed by atoms with Crippen molar-refractivity contribution in [1.29, 1.82) is 0 Å². The zero-order chi connectivity index (χ0) is 19.4. The van der Waals surface area contributed by atoms with Gasteiger partial charge in [0.1, 0.15) is 5.69 Å². The number of carbonyl (C=O) groups is 1. The van der Waals surface area contributed by atoms with Crippen LogP contribution in [0.4, 0.5) is 17.3 Å². The first-order valence-electron chi connectivity index (χ1n) is 9.01. The molecule has 1 heterocycles. The molecule has 0 aliphatic carbocycles. The molecule has 5 nitrogen and oxygen atoms in total. The number of anilines is 3. The van der Waals surface area contributed by atoms with Crippen LogP contribution in [-0.2, 0) is 0 Å². The van der Waals surface area contributed by atoms with Crippen LogP contribution in [0.15, 0.2) is 54.7 Å². The Morgan fingerprint density at radius 3 is 2.26 bits per heavy atom. The summed E-state index contributed by atoms with van der Waals surface area (Å²) in [6.45, 7) is 8.25. The minimum atomic E-state index is -0.256. The minimum Gasteiger partial charge on any atom is -0.324 e. The quantitative estimate of drug-likeness (QED) is 0.655. The molecule has 2 N–H and O–H groups in total. The summed E-state index contributed by atoms with van der Waals surface area (Å²) in [7, 11) is 0. The third-order valence-corrected chi connectivity index (χ3v) is 4.44. The summed E-state index contributed by atoms with van der Waals surface area (Å²) in [6.07, 6.45) is 1.58. The second-order valence-electron chi connectivity index (χ2n) is 6.89. The van der Waals surface area contributed by atoms with Gasteiger partial charge in [0, 0.05) is 17.6 Å². The largest absolute Gasteiger partial charge is 0.324 e. The van der Waals surface area contributed by atoms with Gasteiger partial charge >= 0.3 is 0 Å². The van der Waals surface area contributed by atoms with Gasteiger partial charge in [-0.15, -0.1) is 0 Å². The molecule has 0 fully saturated rings. The fourth-order valence-corrected chi connectivity index (χ4v) is 2.82. The summed E-state index contributed by atoms with van der Waals surface area (Å²) in [4.78, 5) is 21.2. The van der Waals surface area contributed by atoms with E-state index in [9.17, 15) is 4.79 Å². The van der Waals surface area contributed by atoms with E-state index in [1.807, 2.05) is 44.2 Å². The summed E-state index contributed by atoms with van der Waals surface area (Å²) >= 11 is 0. The normalized spacial score (nSPS) is 10.7. The van der Waals surface area contributed by atoms with Crippen LogP contribution in [0.3, 0.4) is 0 Å². The lowest BCUT2D eigenvalue weighted by molar-refractivity contribution is 0.102. The molecule has 0 atom stereocenters. The van der Waals surface area contributed by atoms with Crippen LogP contribution in [0.5, 0.6) is 0 Å². The fourth-order valence-electron chi connectivity index (χ4n) is 2.82. The zero-order valence-corrected chi connectivity index (χ0v) is 16.1. The highest BCUT2D eigenvalue weighted by molar-refractivity contribution is 6.03. The van der Waals surface area contributed by atoms with Crippen molar-refractivity contribution in [2.45, 2.75) is 33.6 Å². The van der Waals surface area contributed by atoms with Gasteiger partial charge in [0.2, 0.25) is 5.95 Å². The lowest BCUT2D eigenvalue weighted by Crippen LogP contribution is -2.16. The average Bonchev–Trinajstić information content (AvgIpc) is 2.65. The Morgan fingerprint density at radius 2 is 1.63 bits per heavy atom. The Morgan fingerprint density at radius 1 is 0.963 bits per heavy atom. The molecule has 1 amide bonds. The van der Waals surface area contributed by atoms with Gasteiger partial charge < -0.3 is 10.6 Å². The highest BCUT2D eigenvalue weighted by atomic mass is 16.1. The Bertz CT molecular complexity index is 929. The van der Waals surface area contributed by atoms with Gasteiger partial charge in [0.05, 0.1) is 0 Å². The fraction of sp³-hybridized carbons (Fsp3) is 0.227. The summed E-state index contributed by atoms with van der Waals surface area (Å²) in [5, 5.41) is 6.10. The molecule has 0 aliphatic heterocycles. The smallest absolute Gasteiger partial charge is 0.274 e. The van der Waals surface area contributed by atoms with E-state index < -0.39 is 0 Å². The van der Waals surface area contributed by atoms with Gasteiger partial charge in [0.25, 0.3) is 5.91 Å². The number of amides is 1. The van der Waals surface area contributed by atoms with Gasteiger partial charge in [-0.25, -0.2) is 9.97 Å². The molecule has 0 unspecified atom stereocenters. The van der Waals surface area contributed by atoms with Crippen molar-refractivity contribution < 1.29 is 4.79 Å². The van der Waals surface area contributed by atoms with E-state index in [0.717, 1.165) is 22.5 Å². The molecule has 3 rings (SSSR count). The molecule has 138 valence electrons. The number of para-hydroxylation sites is 1. The SMILES string of the molecule is Cc1cccc(C)c1NC(=O)c1ccnc(Nc2ccc(C(C)C)cc2)n1. The molecular weight excluding hydrogens is 336 g/mol. The maximum absolute atomic E-state index is 12.6. The van der Waals surface area contributed by atoms with E-state index in [2.05, 4.69) is 46.6 Å². The molecular formula is C22H24N4O. The van der Waals surface area contributed by atoms with Crippen LogP contribution >= 0.6 is 0 Å². The number of aromatic nitrogens is 2. The van der Waals surface area contributed by atoms with Crippen molar-refractivity contribution in [2.75, 3.05) is 10.6 Å². The molecule has 27 heavy (non-hydrogen) atoms. The van der Waals surface area contributed by atoms with Crippen LogP contribution < -0.4 is 10.6 Å². The molecule has 2 aromatic carbocycles. The van der Waals surface area contributed by atoms with Crippen molar-refractivity contribution in [1.82, 2.24) is 9.97 Å². The maximum Gasteiger partial charge on any atom is 0.274 e. The lowest BCUT2D eigenvalue weighted by Gasteiger charge is -2.12. The Kier molecular flexibility index (Phi) is 5.50. The molecule has 0 saturated heterocycles. The van der Waals surface area contributed by atoms with Gasteiger partial charge in [-0.05, 0) is 54.7 Å². The van der Waals surface area contributed by atoms with Crippen molar-refractivity contribution in [3.63, 3.8) is 0 Å². The predicted molar refractivity (Wildman–Crippen MR) is 110 cm³/mol. The van der Waals surface area contributed by atoms with E-state index in [1.165, 1.54) is 5.56 Å². The van der Waals surface area contributed by atoms with Gasteiger partial charge in [0.15, 0.2) is 0 Å². The van der Waals surface area contributed by atoms with Crippen molar-refractivity contribution in [3.05, 3.63) is 77.1 Å². The summed E-state index contributed by atoms with van der Waals surface area (Å²) in [5.74, 6) is 0.613. The maximum atomic E-state index is 12.6. The van der Waals surface area contributed by atoms with E-state index in [0.29, 0.717) is 17.6 Å². The van der Waals surface area contributed by atoms with E-state index in [1.54, 1.807) is 12.3 Å². The van der Waals surface area contributed by atoms with E-state index >= 15 is 0 Å². The summed E-state index contributed by atoms with van der Waals surface area (Å²) in [5.41, 5.74) is 5.31. The van der Waals surface area contributed by atoms with Crippen molar-refractivity contribution in [2.24, 2.45) is 0 Å². The number of nitrogens with one attached hydrogen (secondary N) is 2.